The molecule has 0 radical (unpaired) electrons. The maximum Gasteiger partial charge on any atom is 0.411 e. The van der Waals surface area contributed by atoms with Crippen LogP contribution in [0, 0.1) is 5.92 Å². The standard InChI is InChI=1S/C15H27F3N2O/c1-3-4-13-9-20(7-8-21-11-15(16,17)18)14(2,10-19-13)12-5-6-12/h12-13,19H,3-11H2,1-2H3. The van der Waals surface area contributed by atoms with Crippen LogP contribution in [0.3, 0.4) is 0 Å². The van der Waals surface area contributed by atoms with Gasteiger partial charge in [0.1, 0.15) is 6.61 Å². The van der Waals surface area contributed by atoms with E-state index in [1.54, 1.807) is 0 Å². The van der Waals surface area contributed by atoms with E-state index in [1.165, 1.54) is 12.8 Å². The summed E-state index contributed by atoms with van der Waals surface area (Å²) in [6.45, 7) is 5.85. The second kappa shape index (κ2) is 6.84. The molecule has 0 aromatic heterocycles. The minimum absolute atomic E-state index is 0.0752. The van der Waals surface area contributed by atoms with Gasteiger partial charge in [-0.05, 0) is 32.1 Å². The van der Waals surface area contributed by atoms with Crippen LogP contribution < -0.4 is 5.32 Å². The first kappa shape index (κ1) is 17.0. The first-order valence-electron chi connectivity index (χ1n) is 7.98. The van der Waals surface area contributed by atoms with Crippen LogP contribution in [-0.4, -0.2) is 55.5 Å². The SMILES string of the molecule is CCCC1CN(CCOCC(F)(F)F)C(C)(C2CC2)CN1. The van der Waals surface area contributed by atoms with Crippen LogP contribution in [0.4, 0.5) is 13.2 Å². The van der Waals surface area contributed by atoms with Gasteiger partial charge in [-0.1, -0.05) is 13.3 Å². The molecule has 21 heavy (non-hydrogen) atoms. The third-order valence-corrected chi connectivity index (χ3v) is 4.78. The molecule has 1 saturated carbocycles. The molecule has 3 nitrogen and oxygen atoms in total. The summed E-state index contributed by atoms with van der Waals surface area (Å²) in [5.74, 6) is 0.676. The van der Waals surface area contributed by atoms with Crippen LogP contribution in [0.2, 0.25) is 0 Å². The second-order valence-electron chi connectivity index (χ2n) is 6.61. The van der Waals surface area contributed by atoms with Crippen molar-refractivity contribution < 1.29 is 17.9 Å². The molecule has 1 saturated heterocycles. The van der Waals surface area contributed by atoms with Gasteiger partial charge in [0.05, 0.1) is 6.61 Å². The molecule has 1 aliphatic carbocycles. The molecule has 0 aromatic carbocycles. The Kier molecular flexibility index (Phi) is 5.54. The van der Waals surface area contributed by atoms with E-state index in [0.717, 1.165) is 25.9 Å². The van der Waals surface area contributed by atoms with Gasteiger partial charge in [0.2, 0.25) is 0 Å². The lowest BCUT2D eigenvalue weighted by atomic mass is 9.89. The molecule has 2 atom stereocenters. The predicted molar refractivity (Wildman–Crippen MR) is 76.3 cm³/mol. The normalized spacial score (nSPS) is 31.6. The number of hydrogen-bond donors (Lipinski definition) is 1. The molecular formula is C15H27F3N2O. The average molecular weight is 308 g/mol. The molecule has 124 valence electrons. The highest BCUT2D eigenvalue weighted by Gasteiger charge is 2.47. The first-order chi connectivity index (χ1) is 9.85. The van der Waals surface area contributed by atoms with E-state index in [0.29, 0.717) is 18.5 Å². The van der Waals surface area contributed by atoms with Gasteiger partial charge in [-0.3, -0.25) is 4.90 Å². The van der Waals surface area contributed by atoms with Crippen molar-refractivity contribution in [2.24, 2.45) is 5.92 Å². The summed E-state index contributed by atoms with van der Waals surface area (Å²) in [6, 6.07) is 0.449. The summed E-state index contributed by atoms with van der Waals surface area (Å²) in [5, 5.41) is 3.61. The Morgan fingerprint density at radius 3 is 2.62 bits per heavy atom. The maximum absolute atomic E-state index is 12.1. The van der Waals surface area contributed by atoms with Crippen molar-refractivity contribution in [1.29, 1.82) is 0 Å². The van der Waals surface area contributed by atoms with Crippen LogP contribution in [0.5, 0.6) is 0 Å². The molecule has 1 aliphatic heterocycles. The molecule has 0 aromatic rings. The maximum atomic E-state index is 12.1. The number of halogens is 3. The van der Waals surface area contributed by atoms with E-state index < -0.39 is 12.8 Å². The minimum Gasteiger partial charge on any atom is -0.371 e. The third-order valence-electron chi connectivity index (χ3n) is 4.78. The smallest absolute Gasteiger partial charge is 0.371 e. The fraction of sp³-hybridized carbons (Fsp3) is 1.00. The minimum atomic E-state index is -4.23. The second-order valence-corrected chi connectivity index (χ2v) is 6.61. The van der Waals surface area contributed by atoms with Gasteiger partial charge in [-0.15, -0.1) is 0 Å². The summed E-state index contributed by atoms with van der Waals surface area (Å²) in [5.41, 5.74) is 0.0752. The summed E-state index contributed by atoms with van der Waals surface area (Å²) in [6.07, 6.45) is 0.470. The Morgan fingerprint density at radius 2 is 2.05 bits per heavy atom. The number of alkyl halides is 3. The number of nitrogens with zero attached hydrogens (tertiary/aromatic N) is 1. The molecular weight excluding hydrogens is 281 g/mol. The average Bonchev–Trinajstić information content (AvgIpc) is 3.22. The van der Waals surface area contributed by atoms with Gasteiger partial charge in [-0.25, -0.2) is 0 Å². The molecule has 0 amide bonds. The van der Waals surface area contributed by atoms with E-state index in [4.69, 9.17) is 4.74 Å². The summed E-state index contributed by atoms with van der Waals surface area (Å²) < 4.78 is 41.2. The Labute approximate surface area is 125 Å². The highest BCUT2D eigenvalue weighted by Crippen LogP contribution is 2.44. The monoisotopic (exact) mass is 308 g/mol. The van der Waals surface area contributed by atoms with Crippen molar-refractivity contribution in [3.05, 3.63) is 0 Å². The van der Waals surface area contributed by atoms with Crippen LogP contribution >= 0.6 is 0 Å². The van der Waals surface area contributed by atoms with Gasteiger partial charge < -0.3 is 10.1 Å². The van der Waals surface area contributed by atoms with Crippen molar-refractivity contribution in [1.82, 2.24) is 10.2 Å². The highest BCUT2D eigenvalue weighted by atomic mass is 19.4. The molecule has 0 bridgehead atoms. The van der Waals surface area contributed by atoms with Crippen molar-refractivity contribution in [3.8, 4) is 0 Å². The largest absolute Gasteiger partial charge is 0.411 e. The van der Waals surface area contributed by atoms with Crippen molar-refractivity contribution in [2.45, 2.75) is 57.3 Å². The van der Waals surface area contributed by atoms with Gasteiger partial charge in [0.15, 0.2) is 0 Å². The lowest BCUT2D eigenvalue weighted by Gasteiger charge is -2.49. The molecule has 2 fully saturated rings. The van der Waals surface area contributed by atoms with Gasteiger partial charge in [-0.2, -0.15) is 13.2 Å². The Balaban J connectivity index is 1.85. The number of nitrogens with one attached hydrogen (secondary N) is 1. The van der Waals surface area contributed by atoms with E-state index >= 15 is 0 Å². The molecule has 2 unspecified atom stereocenters. The Morgan fingerprint density at radius 1 is 1.33 bits per heavy atom. The van der Waals surface area contributed by atoms with E-state index in [-0.39, 0.29) is 12.1 Å². The van der Waals surface area contributed by atoms with Gasteiger partial charge >= 0.3 is 6.18 Å². The van der Waals surface area contributed by atoms with Crippen LogP contribution in [-0.2, 0) is 4.74 Å². The van der Waals surface area contributed by atoms with Crippen molar-refractivity contribution in [3.63, 3.8) is 0 Å². The molecule has 2 aliphatic rings. The topological polar surface area (TPSA) is 24.5 Å². The summed E-state index contributed by atoms with van der Waals surface area (Å²) >= 11 is 0. The fourth-order valence-electron chi connectivity index (χ4n) is 3.36. The zero-order valence-electron chi connectivity index (χ0n) is 13.0. The molecule has 1 heterocycles. The Hall–Kier alpha value is -0.330. The van der Waals surface area contributed by atoms with Gasteiger partial charge in [0, 0.05) is 31.2 Å². The fourth-order valence-corrected chi connectivity index (χ4v) is 3.36. The van der Waals surface area contributed by atoms with Gasteiger partial charge in [0.25, 0.3) is 0 Å². The summed E-state index contributed by atoms with van der Waals surface area (Å²) in [7, 11) is 0. The summed E-state index contributed by atoms with van der Waals surface area (Å²) in [4.78, 5) is 2.36. The van der Waals surface area contributed by atoms with Crippen molar-refractivity contribution in [2.75, 3.05) is 32.8 Å². The number of piperazine rings is 1. The molecule has 0 spiro atoms. The van der Waals surface area contributed by atoms with Crippen molar-refractivity contribution >= 4 is 0 Å². The van der Waals surface area contributed by atoms with E-state index in [2.05, 4.69) is 24.1 Å². The highest BCUT2D eigenvalue weighted by molar-refractivity contribution is 5.04. The number of rotatable bonds is 7. The Bertz CT molecular complexity index is 333. The number of hydrogen-bond acceptors (Lipinski definition) is 3. The predicted octanol–water partition coefficient (Wildman–Crippen LogP) is 2.81. The quantitative estimate of drug-likeness (QED) is 0.732. The lowest BCUT2D eigenvalue weighted by Crippen LogP contribution is -2.64. The van der Waals surface area contributed by atoms with Crippen LogP contribution in [0.1, 0.15) is 39.5 Å². The van der Waals surface area contributed by atoms with E-state index in [1.807, 2.05) is 0 Å². The zero-order chi connectivity index (χ0) is 15.5. The third kappa shape index (κ3) is 4.83. The molecule has 2 rings (SSSR count). The van der Waals surface area contributed by atoms with E-state index in [9.17, 15) is 13.2 Å². The van der Waals surface area contributed by atoms with Crippen LogP contribution in [0.15, 0.2) is 0 Å². The molecule has 1 N–H and O–H groups in total. The molecule has 6 heteroatoms. The first-order valence-corrected chi connectivity index (χ1v) is 7.98. The number of ether oxygens (including phenoxy) is 1. The lowest BCUT2D eigenvalue weighted by molar-refractivity contribution is -0.175. The van der Waals surface area contributed by atoms with Crippen LogP contribution in [0.25, 0.3) is 0 Å². The zero-order valence-corrected chi connectivity index (χ0v) is 13.0.